The number of carbonyl (C=O) groups excluding carboxylic acids is 1. The van der Waals surface area contributed by atoms with Crippen LogP contribution in [-0.4, -0.2) is 116 Å². The third-order valence-electron chi connectivity index (χ3n) is 4.66. The number of hydrogen-bond acceptors (Lipinski definition) is 10. The summed E-state index contributed by atoms with van der Waals surface area (Å²) in [6, 6.07) is 0. The predicted octanol–water partition coefficient (Wildman–Crippen LogP) is 3.25. The number of esters is 1. The first-order valence-corrected chi connectivity index (χ1v) is 14.3. The van der Waals surface area contributed by atoms with Crippen molar-refractivity contribution in [2.24, 2.45) is 0 Å². The van der Waals surface area contributed by atoms with Crippen LogP contribution in [0, 0.1) is 29.1 Å². The van der Waals surface area contributed by atoms with E-state index in [4.69, 9.17) is 37.9 Å². The first-order valence-electron chi connectivity index (χ1n) is 12.8. The van der Waals surface area contributed by atoms with Crippen LogP contribution < -0.4 is 4.74 Å². The van der Waals surface area contributed by atoms with E-state index >= 15 is 0 Å². The van der Waals surface area contributed by atoms with Gasteiger partial charge in [-0.3, -0.25) is 4.79 Å². The van der Waals surface area contributed by atoms with Gasteiger partial charge in [0.25, 0.3) is 0 Å². The number of alkyl halides is 1. The summed E-state index contributed by atoms with van der Waals surface area (Å²) >= 11 is 2.25. The Hall–Kier alpha value is -1.25. The fraction of sp³-hybridized carbons (Fsp3) is 0.720. The summed E-state index contributed by atoms with van der Waals surface area (Å²) in [6.07, 6.45) is -0.480. The van der Waals surface area contributed by atoms with Crippen LogP contribution in [0.3, 0.4) is 0 Å². The molecule has 0 bridgehead atoms. The van der Waals surface area contributed by atoms with Gasteiger partial charge in [0, 0.05) is 4.43 Å². The molecule has 0 aliphatic carbocycles. The summed E-state index contributed by atoms with van der Waals surface area (Å²) in [6.45, 7) is 6.09. The van der Waals surface area contributed by atoms with E-state index in [0.717, 1.165) is 11.0 Å². The van der Waals surface area contributed by atoms with Crippen LogP contribution in [0.4, 0.5) is 22.0 Å². The summed E-state index contributed by atoms with van der Waals surface area (Å²) in [5.41, 5.74) is 0. The molecular formula is C25H36F5IO10. The molecule has 1 aromatic rings. The lowest BCUT2D eigenvalue weighted by Crippen LogP contribution is -2.16. The Morgan fingerprint density at radius 1 is 0.439 bits per heavy atom. The van der Waals surface area contributed by atoms with E-state index < -0.39 is 47.2 Å². The van der Waals surface area contributed by atoms with E-state index in [-0.39, 0.29) is 26.4 Å². The Morgan fingerprint density at radius 2 is 0.707 bits per heavy atom. The van der Waals surface area contributed by atoms with Gasteiger partial charge in [-0.2, -0.15) is 8.78 Å². The second kappa shape index (κ2) is 25.3. The molecule has 0 heterocycles. The summed E-state index contributed by atoms with van der Waals surface area (Å²) in [5.74, 6) is -14.1. The predicted molar refractivity (Wildman–Crippen MR) is 142 cm³/mol. The molecule has 41 heavy (non-hydrogen) atoms. The smallest absolute Gasteiger partial charge is 0.313 e. The highest BCUT2D eigenvalue weighted by molar-refractivity contribution is 14.1. The van der Waals surface area contributed by atoms with Crippen molar-refractivity contribution in [1.29, 1.82) is 0 Å². The lowest BCUT2D eigenvalue weighted by molar-refractivity contribution is -0.136. The maximum atomic E-state index is 13.5. The fourth-order valence-electron chi connectivity index (χ4n) is 2.69. The third kappa shape index (κ3) is 18.1. The fourth-order valence-corrected chi connectivity index (χ4v) is 3.00. The van der Waals surface area contributed by atoms with Gasteiger partial charge in [-0.05, 0) is 0 Å². The summed E-state index contributed by atoms with van der Waals surface area (Å²) in [4.78, 5) is 11.6. The second-order valence-corrected chi connectivity index (χ2v) is 8.79. The lowest BCUT2D eigenvalue weighted by atomic mass is 10.2. The molecule has 0 amide bonds. The van der Waals surface area contributed by atoms with Crippen molar-refractivity contribution in [2.45, 2.75) is 6.42 Å². The molecule has 0 aliphatic rings. The number of rotatable bonds is 27. The van der Waals surface area contributed by atoms with Gasteiger partial charge in [0.15, 0.2) is 0 Å². The molecule has 0 aliphatic heterocycles. The summed E-state index contributed by atoms with van der Waals surface area (Å²) < 4.78 is 114. The minimum absolute atomic E-state index is 0.0894. The molecule has 0 aromatic heterocycles. The van der Waals surface area contributed by atoms with Crippen LogP contribution in [0.15, 0.2) is 0 Å². The zero-order chi connectivity index (χ0) is 30.1. The summed E-state index contributed by atoms with van der Waals surface area (Å²) in [7, 11) is 0. The molecule has 0 saturated carbocycles. The SMILES string of the molecule is O=C(CCOCCOCCOCCOCCOCCOCCOCCOCCI)Oc1c(F)c(F)c(F)c(F)c1F. The Balaban J connectivity index is 1.83. The van der Waals surface area contributed by atoms with E-state index in [0.29, 0.717) is 72.7 Å². The maximum Gasteiger partial charge on any atom is 0.313 e. The molecular weight excluding hydrogens is 682 g/mol. The third-order valence-corrected chi connectivity index (χ3v) is 5.10. The number of benzene rings is 1. The molecule has 1 rings (SSSR count). The monoisotopic (exact) mass is 718 g/mol. The van der Waals surface area contributed by atoms with Crippen molar-refractivity contribution in [1.82, 2.24) is 0 Å². The highest BCUT2D eigenvalue weighted by atomic mass is 127. The van der Waals surface area contributed by atoms with Crippen LogP contribution in [0.2, 0.25) is 0 Å². The number of carbonyl (C=O) groups is 1. The normalized spacial score (nSPS) is 11.4. The van der Waals surface area contributed by atoms with Crippen LogP contribution >= 0.6 is 22.6 Å². The van der Waals surface area contributed by atoms with Gasteiger partial charge in [-0.15, -0.1) is 0 Å². The zero-order valence-electron chi connectivity index (χ0n) is 22.6. The van der Waals surface area contributed by atoms with Crippen molar-refractivity contribution in [2.75, 3.05) is 110 Å². The lowest BCUT2D eigenvalue weighted by Gasteiger charge is -2.09. The van der Waals surface area contributed by atoms with Gasteiger partial charge < -0.3 is 42.6 Å². The van der Waals surface area contributed by atoms with Crippen molar-refractivity contribution < 1.29 is 69.4 Å². The summed E-state index contributed by atoms with van der Waals surface area (Å²) in [5, 5.41) is 0. The van der Waals surface area contributed by atoms with Crippen molar-refractivity contribution >= 4 is 28.6 Å². The van der Waals surface area contributed by atoms with Gasteiger partial charge in [0.2, 0.25) is 34.8 Å². The van der Waals surface area contributed by atoms with E-state index in [1.165, 1.54) is 0 Å². The molecule has 1 aromatic carbocycles. The van der Waals surface area contributed by atoms with Crippen molar-refractivity contribution in [3.63, 3.8) is 0 Å². The average molecular weight is 718 g/mol. The van der Waals surface area contributed by atoms with E-state index in [9.17, 15) is 26.7 Å². The molecule has 0 unspecified atom stereocenters. The number of halogens is 6. The molecule has 10 nitrogen and oxygen atoms in total. The minimum Gasteiger partial charge on any atom is -0.420 e. The maximum absolute atomic E-state index is 13.5. The highest BCUT2D eigenvalue weighted by Crippen LogP contribution is 2.29. The Labute approximate surface area is 249 Å². The van der Waals surface area contributed by atoms with Gasteiger partial charge in [-0.1, -0.05) is 22.6 Å². The second-order valence-electron chi connectivity index (χ2n) is 7.71. The number of ether oxygens (including phenoxy) is 9. The Kier molecular flexibility index (Phi) is 23.3. The van der Waals surface area contributed by atoms with Crippen molar-refractivity contribution in [3.8, 4) is 5.75 Å². The van der Waals surface area contributed by atoms with E-state index in [1.807, 2.05) is 0 Å². The highest BCUT2D eigenvalue weighted by Gasteiger charge is 2.28. The van der Waals surface area contributed by atoms with Crippen LogP contribution in [0.25, 0.3) is 0 Å². The van der Waals surface area contributed by atoms with E-state index in [1.54, 1.807) is 0 Å². The first-order chi connectivity index (χ1) is 19.9. The van der Waals surface area contributed by atoms with Gasteiger partial charge in [0.1, 0.15) is 0 Å². The molecule has 0 saturated heterocycles. The topological polar surface area (TPSA) is 100 Å². The van der Waals surface area contributed by atoms with Crippen LogP contribution in [-0.2, 0) is 42.7 Å². The first kappa shape index (κ1) is 37.8. The zero-order valence-corrected chi connectivity index (χ0v) is 24.7. The molecule has 0 spiro atoms. The molecule has 238 valence electrons. The molecule has 0 fully saturated rings. The Bertz CT molecular complexity index is 811. The average Bonchev–Trinajstić information content (AvgIpc) is 2.97. The quantitative estimate of drug-likeness (QED) is 0.0197. The molecule has 16 heteroatoms. The van der Waals surface area contributed by atoms with Gasteiger partial charge >= 0.3 is 5.97 Å². The molecule has 0 N–H and O–H groups in total. The van der Waals surface area contributed by atoms with Crippen molar-refractivity contribution in [3.05, 3.63) is 29.1 Å². The van der Waals surface area contributed by atoms with Crippen LogP contribution in [0.1, 0.15) is 6.42 Å². The standard InChI is InChI=1S/C25H36F5IO10/c26-20-21(27)23(29)25(24(30)22(20)28)41-19(32)1-3-33-5-7-35-9-11-37-13-15-39-17-18-40-16-14-38-12-10-36-8-6-34-4-2-31/h1-18H2. The van der Waals surface area contributed by atoms with Gasteiger partial charge in [0.05, 0.1) is 112 Å². The Morgan fingerprint density at radius 3 is 1.02 bits per heavy atom. The molecule has 0 radical (unpaired) electrons. The van der Waals surface area contributed by atoms with E-state index in [2.05, 4.69) is 27.3 Å². The largest absolute Gasteiger partial charge is 0.420 e. The van der Waals surface area contributed by atoms with Crippen LogP contribution in [0.5, 0.6) is 5.75 Å². The minimum atomic E-state index is -2.34. The number of hydrogen-bond donors (Lipinski definition) is 0. The van der Waals surface area contributed by atoms with Gasteiger partial charge in [-0.25, -0.2) is 13.2 Å². The molecule has 0 atom stereocenters.